The van der Waals surface area contributed by atoms with Crippen LogP contribution < -0.4 is 11.1 Å². The highest BCUT2D eigenvalue weighted by molar-refractivity contribution is 5.95. The lowest BCUT2D eigenvalue weighted by atomic mass is 9.83. The summed E-state index contributed by atoms with van der Waals surface area (Å²) in [6.07, 6.45) is 7.81. The Hall–Kier alpha value is -1.78. The fourth-order valence-corrected chi connectivity index (χ4v) is 3.01. The normalized spacial score (nSPS) is 16.7. The van der Waals surface area contributed by atoms with Crippen molar-refractivity contribution < 1.29 is 9.53 Å². The van der Waals surface area contributed by atoms with Crippen LogP contribution in [0.5, 0.6) is 0 Å². The van der Waals surface area contributed by atoms with Crippen LogP contribution >= 0.6 is 0 Å². The number of aromatic nitrogens is 1. The first kappa shape index (κ1) is 15.6. The van der Waals surface area contributed by atoms with Gasteiger partial charge in [0.25, 0.3) is 0 Å². The van der Waals surface area contributed by atoms with E-state index in [-0.39, 0.29) is 0 Å². The van der Waals surface area contributed by atoms with Crippen molar-refractivity contribution in [1.29, 1.82) is 0 Å². The number of pyridine rings is 1. The highest BCUT2D eigenvalue weighted by atomic mass is 16.5. The number of nitrogens with one attached hydrogen (secondary N) is 1. The lowest BCUT2D eigenvalue weighted by Crippen LogP contribution is -2.26. The third-order valence-electron chi connectivity index (χ3n) is 4.49. The molecule has 0 radical (unpaired) electrons. The number of esters is 1. The molecule has 1 aromatic heterocycles. The number of hydrogen-bond donors (Lipinski definition) is 2. The number of hydrogen-bond acceptors (Lipinski definition) is 5. The van der Waals surface area contributed by atoms with Crippen molar-refractivity contribution in [1.82, 2.24) is 4.98 Å². The largest absolute Gasteiger partial charge is 0.462 e. The van der Waals surface area contributed by atoms with E-state index < -0.39 is 5.97 Å². The second kappa shape index (κ2) is 6.78. The summed E-state index contributed by atoms with van der Waals surface area (Å²) < 4.78 is 5.01. The van der Waals surface area contributed by atoms with Gasteiger partial charge in [-0.25, -0.2) is 9.78 Å². The van der Waals surface area contributed by atoms with Gasteiger partial charge >= 0.3 is 5.97 Å². The quantitative estimate of drug-likeness (QED) is 0.787. The Kier molecular flexibility index (Phi) is 5.04. The maximum absolute atomic E-state index is 11.8. The first-order valence-electron chi connectivity index (χ1n) is 7.77. The predicted octanol–water partition coefficient (Wildman–Crippen LogP) is 3.22. The lowest BCUT2D eigenvalue weighted by molar-refractivity contribution is 0.0527. The second-order valence-corrected chi connectivity index (χ2v) is 5.79. The molecule has 21 heavy (non-hydrogen) atoms. The summed E-state index contributed by atoms with van der Waals surface area (Å²) >= 11 is 0. The highest BCUT2D eigenvalue weighted by Gasteiger charge is 2.31. The Labute approximate surface area is 126 Å². The maximum Gasteiger partial charge on any atom is 0.340 e. The van der Waals surface area contributed by atoms with E-state index in [1.54, 1.807) is 13.0 Å². The van der Waals surface area contributed by atoms with Crippen molar-refractivity contribution in [3.05, 3.63) is 17.8 Å². The number of nitrogens with zero attached hydrogens (tertiary/aromatic N) is 1. The Morgan fingerprint density at radius 3 is 2.76 bits per heavy atom. The summed E-state index contributed by atoms with van der Waals surface area (Å²) in [5.74, 6) is 0.290. The van der Waals surface area contributed by atoms with Crippen LogP contribution in [0.25, 0.3) is 0 Å². The molecule has 0 aromatic carbocycles. The topological polar surface area (TPSA) is 77.2 Å². The zero-order chi connectivity index (χ0) is 15.3. The number of carbonyl (C=O) groups is 1. The van der Waals surface area contributed by atoms with Gasteiger partial charge in [-0.3, -0.25) is 0 Å². The van der Waals surface area contributed by atoms with E-state index >= 15 is 0 Å². The third kappa shape index (κ3) is 3.65. The average Bonchev–Trinajstić information content (AvgIpc) is 2.96. The van der Waals surface area contributed by atoms with Crippen LogP contribution in [0, 0.1) is 5.41 Å². The lowest BCUT2D eigenvalue weighted by Gasteiger charge is -2.28. The third-order valence-corrected chi connectivity index (χ3v) is 4.49. The molecule has 1 aromatic rings. The summed E-state index contributed by atoms with van der Waals surface area (Å²) in [5, 5.41) is 3.37. The Morgan fingerprint density at radius 2 is 2.14 bits per heavy atom. The van der Waals surface area contributed by atoms with Gasteiger partial charge in [0.1, 0.15) is 5.82 Å². The number of nitrogen functional groups attached to an aromatic ring is 1. The Bertz CT molecular complexity index is 496. The summed E-state index contributed by atoms with van der Waals surface area (Å²) in [4.78, 5) is 16.1. The van der Waals surface area contributed by atoms with Gasteiger partial charge in [-0.2, -0.15) is 0 Å². The molecule has 0 saturated heterocycles. The van der Waals surface area contributed by atoms with E-state index in [4.69, 9.17) is 10.5 Å². The molecule has 1 aliphatic rings. The van der Waals surface area contributed by atoms with Crippen LogP contribution in [0.2, 0.25) is 0 Å². The zero-order valence-electron chi connectivity index (χ0n) is 12.9. The molecular weight excluding hydrogens is 266 g/mol. The molecule has 0 aliphatic heterocycles. The standard InChI is InChI=1S/C16H25N3O2/c1-3-16(7-5-6-8-16)11-19-14-9-12(13(17)10-18-14)15(20)21-4-2/h9-10H,3-8,11,17H2,1-2H3,(H,18,19). The Morgan fingerprint density at radius 1 is 1.43 bits per heavy atom. The van der Waals surface area contributed by atoms with Crippen molar-refractivity contribution in [2.45, 2.75) is 46.0 Å². The molecule has 1 heterocycles. The number of nitrogens with two attached hydrogens (primary N) is 1. The molecule has 116 valence electrons. The van der Waals surface area contributed by atoms with Crippen molar-refractivity contribution in [3.63, 3.8) is 0 Å². The molecule has 2 rings (SSSR count). The first-order valence-corrected chi connectivity index (χ1v) is 7.77. The smallest absolute Gasteiger partial charge is 0.340 e. The van der Waals surface area contributed by atoms with Gasteiger partial charge in [-0.1, -0.05) is 19.8 Å². The van der Waals surface area contributed by atoms with Crippen LogP contribution in [0.4, 0.5) is 11.5 Å². The summed E-state index contributed by atoms with van der Waals surface area (Å²) in [5.41, 5.74) is 6.90. The fourth-order valence-electron chi connectivity index (χ4n) is 3.01. The van der Waals surface area contributed by atoms with Gasteiger partial charge in [-0.05, 0) is 37.7 Å². The zero-order valence-corrected chi connectivity index (χ0v) is 12.9. The molecule has 5 heteroatoms. The molecule has 1 fully saturated rings. The van der Waals surface area contributed by atoms with Crippen molar-refractivity contribution in [2.24, 2.45) is 5.41 Å². The monoisotopic (exact) mass is 291 g/mol. The van der Waals surface area contributed by atoms with Crippen LogP contribution in [-0.2, 0) is 4.74 Å². The van der Waals surface area contributed by atoms with Gasteiger partial charge in [0.2, 0.25) is 0 Å². The van der Waals surface area contributed by atoms with Crippen molar-refractivity contribution >= 4 is 17.5 Å². The molecule has 3 N–H and O–H groups in total. The molecule has 1 saturated carbocycles. The van der Waals surface area contributed by atoms with Crippen molar-refractivity contribution in [2.75, 3.05) is 24.2 Å². The van der Waals surface area contributed by atoms with E-state index in [1.807, 2.05) is 0 Å². The predicted molar refractivity (Wildman–Crippen MR) is 84.3 cm³/mol. The molecule has 1 aliphatic carbocycles. The maximum atomic E-state index is 11.8. The number of ether oxygens (including phenoxy) is 1. The average molecular weight is 291 g/mol. The van der Waals surface area contributed by atoms with Crippen LogP contribution in [-0.4, -0.2) is 24.1 Å². The van der Waals surface area contributed by atoms with Gasteiger partial charge in [0.15, 0.2) is 0 Å². The number of anilines is 2. The molecule has 0 unspecified atom stereocenters. The summed E-state index contributed by atoms with van der Waals surface area (Å²) in [6.45, 7) is 5.25. The second-order valence-electron chi connectivity index (χ2n) is 5.79. The molecule has 0 atom stereocenters. The van der Waals surface area contributed by atoms with Gasteiger partial charge in [0, 0.05) is 6.54 Å². The van der Waals surface area contributed by atoms with E-state index in [0.717, 1.165) is 6.54 Å². The van der Waals surface area contributed by atoms with Crippen molar-refractivity contribution in [3.8, 4) is 0 Å². The fraction of sp³-hybridized carbons (Fsp3) is 0.625. The minimum atomic E-state index is -0.397. The van der Waals surface area contributed by atoms with Crippen LogP contribution in [0.1, 0.15) is 56.3 Å². The van der Waals surface area contributed by atoms with E-state index in [2.05, 4.69) is 17.2 Å². The number of rotatable bonds is 6. The SMILES string of the molecule is CCOC(=O)c1cc(NCC2(CC)CCCC2)ncc1N. The van der Waals surface area contributed by atoms with Crippen LogP contribution in [0.3, 0.4) is 0 Å². The van der Waals surface area contributed by atoms with E-state index in [9.17, 15) is 4.79 Å². The molecule has 0 amide bonds. The molecule has 0 spiro atoms. The van der Waals surface area contributed by atoms with E-state index in [0.29, 0.717) is 29.1 Å². The van der Waals surface area contributed by atoms with Crippen LogP contribution in [0.15, 0.2) is 12.3 Å². The highest BCUT2D eigenvalue weighted by Crippen LogP contribution is 2.40. The minimum Gasteiger partial charge on any atom is -0.462 e. The van der Waals surface area contributed by atoms with Gasteiger partial charge in [0.05, 0.1) is 24.1 Å². The Balaban J connectivity index is 2.07. The molecule has 5 nitrogen and oxygen atoms in total. The molecular formula is C16H25N3O2. The molecule has 0 bridgehead atoms. The minimum absolute atomic E-state index is 0.336. The van der Waals surface area contributed by atoms with Gasteiger partial charge < -0.3 is 15.8 Å². The summed E-state index contributed by atoms with van der Waals surface area (Å²) in [6, 6.07) is 1.69. The number of carbonyl (C=O) groups excluding carboxylic acids is 1. The van der Waals surface area contributed by atoms with E-state index in [1.165, 1.54) is 38.3 Å². The summed E-state index contributed by atoms with van der Waals surface area (Å²) in [7, 11) is 0. The van der Waals surface area contributed by atoms with Gasteiger partial charge in [-0.15, -0.1) is 0 Å². The first-order chi connectivity index (χ1) is 10.1.